The summed E-state index contributed by atoms with van der Waals surface area (Å²) in [5, 5.41) is 0.169. The van der Waals surface area contributed by atoms with Gasteiger partial charge in [-0.05, 0) is 70.1 Å². The van der Waals surface area contributed by atoms with Gasteiger partial charge in [-0.2, -0.15) is 0 Å². The maximum Gasteiger partial charge on any atom is 2.00 e. The molecule has 9 rings (SSSR count). The zero-order valence-electron chi connectivity index (χ0n) is 31.4. The third-order valence-electron chi connectivity index (χ3n) is 8.74. The Morgan fingerprint density at radius 3 is 0.918 bits per heavy atom. The summed E-state index contributed by atoms with van der Waals surface area (Å²) in [5.74, 6) is -0.882. The van der Waals surface area contributed by atoms with Gasteiger partial charge in [-0.1, -0.05) is 24.3 Å². The molecule has 61 heavy (non-hydrogen) atoms. The van der Waals surface area contributed by atoms with Crippen LogP contribution in [0.1, 0.15) is 0 Å². The van der Waals surface area contributed by atoms with Crippen LogP contribution in [0, 0.1) is 0 Å². The molecule has 0 N–H and O–H groups in total. The van der Waals surface area contributed by atoms with Crippen molar-refractivity contribution in [2.75, 3.05) is 0 Å². The summed E-state index contributed by atoms with van der Waals surface area (Å²) < 4.78 is 145. The van der Waals surface area contributed by atoms with E-state index in [0.29, 0.717) is 0 Å². The summed E-state index contributed by atoms with van der Waals surface area (Å²) in [4.78, 5) is 33.1. The van der Waals surface area contributed by atoms with Crippen molar-refractivity contribution in [1.29, 1.82) is 0 Å². The Bertz CT molecular complexity index is 3640. The molecule has 20 nitrogen and oxygen atoms in total. The summed E-state index contributed by atoms with van der Waals surface area (Å²) in [7, 11) is -20.1. The Hall–Kier alpha value is -1.61. The largest absolute Gasteiger partial charge is 2.00 e. The summed E-state index contributed by atoms with van der Waals surface area (Å²) >= 11 is 0. The molecule has 7 aromatic rings. The van der Waals surface area contributed by atoms with Crippen molar-refractivity contribution in [3.63, 3.8) is 0 Å². The average Bonchev–Trinajstić information content (AvgIpc) is 3.84. The van der Waals surface area contributed by atoms with Gasteiger partial charge < -0.3 is 48.1 Å². The van der Waals surface area contributed by atoms with E-state index >= 15 is 0 Å². The standard InChI is InChI=1S/C32H16N8O12S4.Co.4Na/c41-53(42,43)13-1-5-17-21(9-13)29-34-25(17)33-26-18-6-2-14(54(44,45)46)10-22(18)30(35-26)37-28-20-8-4-16(56(50,51)52)12-24(20)32(39-28)40-31-23-11-15(55(47,48)49)3-7-19(23)27(36-29)38-31;;;;;/h1-12H,(H4-2,33,34,35,36,37,38,39,40,41,42,43,44,45,46,47,48,49,50,51,52);;;;;/q-2;+2;4*+1/p-4. The molecule has 3 aromatic heterocycles. The Balaban J connectivity index is 0.00000164. The molecule has 0 saturated carbocycles. The van der Waals surface area contributed by atoms with Gasteiger partial charge in [-0.3, -0.25) is 0 Å². The minimum Gasteiger partial charge on any atom is -0.744 e. The fourth-order valence-corrected chi connectivity index (χ4v) is 8.19. The number of hydrogen-bond acceptors (Lipinski definition) is 18. The van der Waals surface area contributed by atoms with Gasteiger partial charge in [-0.25, -0.2) is 43.6 Å². The van der Waals surface area contributed by atoms with Crippen LogP contribution in [0.4, 0.5) is 0 Å². The van der Waals surface area contributed by atoms with Gasteiger partial charge in [0.15, 0.2) is 0 Å². The second-order valence-corrected chi connectivity index (χ2v) is 17.6. The molecule has 29 heteroatoms. The van der Waals surface area contributed by atoms with Crippen molar-refractivity contribution in [2.45, 2.75) is 19.6 Å². The molecule has 0 saturated heterocycles. The summed E-state index contributed by atoms with van der Waals surface area (Å²) in [5.41, 5.74) is -0.712. The molecule has 0 aliphatic carbocycles. The van der Waals surface area contributed by atoms with Crippen LogP contribution >= 0.6 is 0 Å². The van der Waals surface area contributed by atoms with Crippen molar-refractivity contribution in [3.05, 3.63) is 72.8 Å². The molecule has 2 aliphatic heterocycles. The molecule has 0 unspecified atom stereocenters. The Labute approximate surface area is 443 Å². The van der Waals surface area contributed by atoms with E-state index in [9.17, 15) is 51.9 Å². The fraction of sp³-hybridized carbons (Fsp3) is 0. The van der Waals surface area contributed by atoms with E-state index in [1.54, 1.807) is 0 Å². The zero-order chi connectivity index (χ0) is 39.7. The summed E-state index contributed by atoms with van der Waals surface area (Å²) in [6.45, 7) is 0. The SMILES string of the molecule is O=S(=O)([O-])c1ccc2c(c1)-c1nc-2nc2[n-]c(nc3nc(nc4[n-]c(n1)c1ccc(S(=O)(=O)[O-])cc41)-c1cc(S(=O)(=O)[O-])ccc1-3)c1cc(S(=O)(=O)[O-])ccc21.[Co+2].[Na+].[Na+].[Na+].[Na+]. The third-order valence-corrected chi connectivity index (χ3v) is 12.1. The van der Waals surface area contributed by atoms with Crippen LogP contribution in [0.25, 0.3) is 89.7 Å². The van der Waals surface area contributed by atoms with E-state index in [4.69, 9.17) is 0 Å². The molecular weight excluding hydrogens is 968 g/mol. The molecule has 0 spiro atoms. The van der Waals surface area contributed by atoms with Gasteiger partial charge >= 0.3 is 135 Å². The van der Waals surface area contributed by atoms with Gasteiger partial charge in [-0.15, -0.1) is 0 Å². The molecule has 5 heterocycles. The summed E-state index contributed by atoms with van der Waals surface area (Å²) in [6.07, 6.45) is 0. The Morgan fingerprint density at radius 1 is 0.344 bits per heavy atom. The van der Waals surface area contributed by atoms with E-state index in [2.05, 4.69) is 39.9 Å². The quantitative estimate of drug-likeness (QED) is 0.117. The predicted octanol–water partition coefficient (Wildman–Crippen LogP) is -10.2. The normalized spacial score (nSPS) is 12.1. The van der Waals surface area contributed by atoms with Crippen LogP contribution in [0.2, 0.25) is 0 Å². The first-order chi connectivity index (χ1) is 26.2. The van der Waals surface area contributed by atoms with Crippen LogP contribution in [0.15, 0.2) is 92.4 Å². The molecule has 0 atom stereocenters. The van der Waals surface area contributed by atoms with E-state index in [0.717, 1.165) is 48.5 Å². The monoisotopic (exact) mass is 979 g/mol. The van der Waals surface area contributed by atoms with Crippen LogP contribution in [0.5, 0.6) is 0 Å². The number of benzene rings is 4. The minimum atomic E-state index is -5.04. The first-order valence-corrected chi connectivity index (χ1v) is 21.0. The van der Waals surface area contributed by atoms with Gasteiger partial charge in [0.05, 0.1) is 42.9 Å². The van der Waals surface area contributed by atoms with E-state index in [1.165, 1.54) is 24.3 Å². The fourth-order valence-electron chi connectivity index (χ4n) is 6.20. The number of fused-ring (bicyclic) bond motifs is 20. The van der Waals surface area contributed by atoms with Crippen LogP contribution in [-0.4, -0.2) is 81.8 Å². The first kappa shape index (κ1) is 52.0. The summed E-state index contributed by atoms with van der Waals surface area (Å²) in [6, 6.07) is 12.9. The van der Waals surface area contributed by atoms with Gasteiger partial charge in [0.2, 0.25) is 0 Å². The number of aromatic nitrogens is 8. The van der Waals surface area contributed by atoms with Crippen LogP contribution in [0.3, 0.4) is 0 Å². The molecule has 8 bridgehead atoms. The second-order valence-electron chi connectivity index (χ2n) is 12.1. The topological polar surface area (TPSA) is 334 Å². The van der Waals surface area contributed by atoms with Crippen molar-refractivity contribution >= 4 is 84.6 Å². The van der Waals surface area contributed by atoms with Crippen molar-refractivity contribution in [3.8, 4) is 45.6 Å². The second kappa shape index (κ2) is 18.3. The van der Waals surface area contributed by atoms with Gasteiger partial charge in [0.1, 0.15) is 40.5 Å². The molecule has 1 radical (unpaired) electrons. The van der Waals surface area contributed by atoms with Crippen molar-refractivity contribution in [2.24, 2.45) is 0 Å². The molecule has 0 fully saturated rings. The van der Waals surface area contributed by atoms with Crippen molar-refractivity contribution < 1.29 is 187 Å². The number of rotatable bonds is 4. The minimum absolute atomic E-state index is 0. The van der Waals surface area contributed by atoms with Crippen molar-refractivity contribution in [1.82, 2.24) is 39.9 Å². The molecular formula is C32H12CoN8Na4O12S4. The van der Waals surface area contributed by atoms with Gasteiger partial charge in [0.25, 0.3) is 0 Å². The molecule has 289 valence electrons. The van der Waals surface area contributed by atoms with Gasteiger partial charge in [0, 0.05) is 44.8 Å². The number of nitrogens with zero attached hydrogens (tertiary/aromatic N) is 8. The molecule has 4 aromatic carbocycles. The third kappa shape index (κ3) is 9.69. The average molecular weight is 980 g/mol. The number of hydrogen-bond donors (Lipinski definition) is 0. The predicted molar refractivity (Wildman–Crippen MR) is 186 cm³/mol. The van der Waals surface area contributed by atoms with E-state index in [-0.39, 0.29) is 225 Å². The van der Waals surface area contributed by atoms with Crippen LogP contribution in [-0.2, 0) is 57.3 Å². The Kier molecular flexibility index (Phi) is 15.6. The molecule has 2 aliphatic rings. The maximum absolute atomic E-state index is 12.1. The van der Waals surface area contributed by atoms with E-state index in [1.807, 2.05) is 0 Å². The maximum atomic E-state index is 12.1. The van der Waals surface area contributed by atoms with Crippen LogP contribution < -0.4 is 128 Å². The zero-order valence-corrected chi connectivity index (χ0v) is 43.7. The van der Waals surface area contributed by atoms with E-state index < -0.39 is 60.1 Å². The smallest absolute Gasteiger partial charge is 0.744 e. The first-order valence-electron chi connectivity index (χ1n) is 15.3. The Morgan fingerprint density at radius 2 is 0.607 bits per heavy atom. The molecule has 0 amide bonds.